The van der Waals surface area contributed by atoms with Gasteiger partial charge >= 0.3 is 0 Å². The number of carbonyl (C=O) groups excluding carboxylic acids is 2. The van der Waals surface area contributed by atoms with Crippen LogP contribution in [0.3, 0.4) is 0 Å². The fraction of sp³-hybridized carbons (Fsp3) is 0.640. The predicted octanol–water partition coefficient (Wildman–Crippen LogP) is 2.35. The Hall–Kier alpha value is -2.81. The predicted molar refractivity (Wildman–Crippen MR) is 125 cm³/mol. The van der Waals surface area contributed by atoms with Crippen molar-refractivity contribution < 1.29 is 14.0 Å². The number of hydrogen-bond acceptors (Lipinski definition) is 7. The van der Waals surface area contributed by atoms with Gasteiger partial charge in [0.1, 0.15) is 0 Å². The third kappa shape index (κ3) is 4.58. The van der Waals surface area contributed by atoms with Crippen molar-refractivity contribution in [2.75, 3.05) is 45.8 Å². The standard InChI is InChI=1S/C25H34N6O3/c1-18-27-28-23(34-18)22-16-31(24(33)21-4-3-9-26-14-21)17-25(22)7-12-29(13-8-25)15-20-5-10-30(11-6-20)19(2)32/h3-4,9,14,20,22H,5-8,10-13,15-17H2,1-2H3. The highest BCUT2D eigenvalue weighted by molar-refractivity contribution is 5.94. The average Bonchev–Trinajstić information content (AvgIpc) is 3.45. The van der Waals surface area contributed by atoms with Crippen LogP contribution in [0.25, 0.3) is 0 Å². The van der Waals surface area contributed by atoms with E-state index in [1.54, 1.807) is 25.4 Å². The van der Waals surface area contributed by atoms with Crippen molar-refractivity contribution in [2.24, 2.45) is 11.3 Å². The van der Waals surface area contributed by atoms with Gasteiger partial charge in [-0.05, 0) is 56.8 Å². The highest BCUT2D eigenvalue weighted by atomic mass is 16.4. The smallest absolute Gasteiger partial charge is 0.255 e. The van der Waals surface area contributed by atoms with Gasteiger partial charge in [-0.1, -0.05) is 0 Å². The molecule has 34 heavy (non-hydrogen) atoms. The van der Waals surface area contributed by atoms with Gasteiger partial charge in [0.15, 0.2) is 0 Å². The third-order valence-electron chi connectivity index (χ3n) is 8.11. The van der Waals surface area contributed by atoms with E-state index in [9.17, 15) is 9.59 Å². The molecular weight excluding hydrogens is 432 g/mol. The first-order chi connectivity index (χ1) is 16.4. The molecule has 2 aromatic heterocycles. The van der Waals surface area contributed by atoms with E-state index in [4.69, 9.17) is 4.42 Å². The quantitative estimate of drug-likeness (QED) is 0.682. The summed E-state index contributed by atoms with van der Waals surface area (Å²) in [5, 5.41) is 8.44. The highest BCUT2D eigenvalue weighted by Gasteiger charge is 2.52. The lowest BCUT2D eigenvalue weighted by Gasteiger charge is -2.43. The van der Waals surface area contributed by atoms with E-state index in [1.165, 1.54) is 0 Å². The van der Waals surface area contributed by atoms with E-state index in [1.807, 2.05) is 22.8 Å². The summed E-state index contributed by atoms with van der Waals surface area (Å²) in [5.74, 6) is 2.13. The molecule has 2 amide bonds. The van der Waals surface area contributed by atoms with Gasteiger partial charge in [-0.3, -0.25) is 14.6 Å². The number of amides is 2. The molecule has 3 aliphatic heterocycles. The second kappa shape index (κ2) is 9.44. The molecule has 3 saturated heterocycles. The minimum absolute atomic E-state index is 0.0193. The Labute approximate surface area is 200 Å². The SMILES string of the molecule is CC(=O)N1CCC(CN2CCC3(CC2)CN(C(=O)c2cccnc2)CC3c2nnc(C)o2)CC1. The molecule has 1 spiro atoms. The number of nitrogens with zero attached hydrogens (tertiary/aromatic N) is 6. The van der Waals surface area contributed by atoms with Crippen LogP contribution in [0.5, 0.6) is 0 Å². The van der Waals surface area contributed by atoms with E-state index in [0.717, 1.165) is 58.4 Å². The Morgan fingerprint density at radius 3 is 2.50 bits per heavy atom. The van der Waals surface area contributed by atoms with Crippen molar-refractivity contribution in [3.05, 3.63) is 41.9 Å². The van der Waals surface area contributed by atoms with Crippen molar-refractivity contribution >= 4 is 11.8 Å². The highest BCUT2D eigenvalue weighted by Crippen LogP contribution is 2.50. The first-order valence-corrected chi connectivity index (χ1v) is 12.4. The lowest BCUT2D eigenvalue weighted by molar-refractivity contribution is -0.130. The van der Waals surface area contributed by atoms with E-state index in [2.05, 4.69) is 20.1 Å². The van der Waals surface area contributed by atoms with Crippen molar-refractivity contribution in [1.82, 2.24) is 29.9 Å². The van der Waals surface area contributed by atoms with Crippen LogP contribution in [0.15, 0.2) is 28.9 Å². The minimum atomic E-state index is -0.0503. The molecule has 0 aromatic carbocycles. The normalized spacial score (nSPS) is 23.5. The molecule has 5 heterocycles. The van der Waals surface area contributed by atoms with E-state index >= 15 is 0 Å². The molecule has 1 unspecified atom stereocenters. The van der Waals surface area contributed by atoms with Gasteiger partial charge in [-0.25, -0.2) is 0 Å². The fourth-order valence-corrected chi connectivity index (χ4v) is 6.07. The van der Waals surface area contributed by atoms with Crippen molar-refractivity contribution in [3.63, 3.8) is 0 Å². The van der Waals surface area contributed by atoms with Gasteiger partial charge in [0, 0.05) is 64.4 Å². The summed E-state index contributed by atoms with van der Waals surface area (Å²) in [6.07, 6.45) is 7.49. The largest absolute Gasteiger partial charge is 0.425 e. The number of pyridine rings is 1. The molecule has 1 atom stereocenters. The average molecular weight is 467 g/mol. The van der Waals surface area contributed by atoms with E-state index in [-0.39, 0.29) is 23.1 Å². The van der Waals surface area contributed by atoms with Crippen molar-refractivity contribution in [2.45, 2.75) is 45.4 Å². The number of aromatic nitrogens is 3. The molecule has 0 radical (unpaired) electrons. The maximum absolute atomic E-state index is 13.2. The molecule has 0 saturated carbocycles. The number of hydrogen-bond donors (Lipinski definition) is 0. The summed E-state index contributed by atoms with van der Waals surface area (Å²) >= 11 is 0. The second-order valence-electron chi connectivity index (χ2n) is 10.3. The lowest BCUT2D eigenvalue weighted by Crippen LogP contribution is -2.47. The lowest BCUT2D eigenvalue weighted by atomic mass is 9.70. The third-order valence-corrected chi connectivity index (χ3v) is 8.11. The van der Waals surface area contributed by atoms with Crippen molar-refractivity contribution in [1.29, 1.82) is 0 Å². The fourth-order valence-electron chi connectivity index (χ4n) is 6.07. The van der Waals surface area contributed by atoms with Gasteiger partial charge in [0.25, 0.3) is 5.91 Å². The summed E-state index contributed by atoms with van der Waals surface area (Å²) in [6, 6.07) is 3.63. The summed E-state index contributed by atoms with van der Waals surface area (Å²) in [6.45, 7) is 9.63. The number of carbonyl (C=O) groups is 2. The Kier molecular flexibility index (Phi) is 6.38. The summed E-state index contributed by atoms with van der Waals surface area (Å²) in [4.78, 5) is 35.5. The molecule has 0 aliphatic carbocycles. The molecule has 0 bridgehead atoms. The molecule has 3 aliphatic rings. The number of rotatable bonds is 4. The Balaban J connectivity index is 1.26. The van der Waals surface area contributed by atoms with Gasteiger partial charge in [-0.15, -0.1) is 10.2 Å². The molecule has 182 valence electrons. The number of aryl methyl sites for hydroxylation is 1. The van der Waals surface area contributed by atoms with Crippen LogP contribution >= 0.6 is 0 Å². The monoisotopic (exact) mass is 466 g/mol. The zero-order chi connectivity index (χ0) is 23.7. The molecule has 0 N–H and O–H groups in total. The van der Waals surface area contributed by atoms with Gasteiger partial charge < -0.3 is 19.1 Å². The van der Waals surface area contributed by atoms with Gasteiger partial charge in [-0.2, -0.15) is 0 Å². The Bertz CT molecular complexity index is 1010. The number of likely N-dealkylation sites (tertiary alicyclic amines) is 3. The van der Waals surface area contributed by atoms with Crippen LogP contribution in [0.4, 0.5) is 0 Å². The Morgan fingerprint density at radius 1 is 1.12 bits per heavy atom. The van der Waals surface area contributed by atoms with Gasteiger partial charge in [0.05, 0.1) is 11.5 Å². The topological polar surface area (TPSA) is 95.7 Å². The van der Waals surface area contributed by atoms with Crippen LogP contribution in [0.2, 0.25) is 0 Å². The maximum Gasteiger partial charge on any atom is 0.255 e. The van der Waals surface area contributed by atoms with Crippen LogP contribution in [-0.4, -0.2) is 87.5 Å². The van der Waals surface area contributed by atoms with Gasteiger partial charge in [0.2, 0.25) is 17.7 Å². The first-order valence-electron chi connectivity index (χ1n) is 12.4. The van der Waals surface area contributed by atoms with E-state index in [0.29, 0.717) is 36.4 Å². The maximum atomic E-state index is 13.2. The van der Waals surface area contributed by atoms with Crippen LogP contribution in [0, 0.1) is 18.3 Å². The number of piperidine rings is 2. The molecule has 3 fully saturated rings. The molecular formula is C25H34N6O3. The minimum Gasteiger partial charge on any atom is -0.425 e. The zero-order valence-electron chi connectivity index (χ0n) is 20.2. The summed E-state index contributed by atoms with van der Waals surface area (Å²) < 4.78 is 5.89. The van der Waals surface area contributed by atoms with E-state index < -0.39 is 0 Å². The zero-order valence-corrected chi connectivity index (χ0v) is 20.2. The molecule has 2 aromatic rings. The Morgan fingerprint density at radius 2 is 1.88 bits per heavy atom. The van der Waals surface area contributed by atoms with Crippen LogP contribution < -0.4 is 0 Å². The summed E-state index contributed by atoms with van der Waals surface area (Å²) in [5.41, 5.74) is 0.570. The second-order valence-corrected chi connectivity index (χ2v) is 10.3. The van der Waals surface area contributed by atoms with Crippen LogP contribution in [-0.2, 0) is 4.79 Å². The van der Waals surface area contributed by atoms with Crippen molar-refractivity contribution in [3.8, 4) is 0 Å². The first kappa shape index (κ1) is 23.0. The molecule has 9 heteroatoms. The summed E-state index contributed by atoms with van der Waals surface area (Å²) in [7, 11) is 0. The molecule has 9 nitrogen and oxygen atoms in total. The van der Waals surface area contributed by atoms with Crippen LogP contribution in [0.1, 0.15) is 60.7 Å². The molecule has 5 rings (SSSR count).